The van der Waals surface area contributed by atoms with Gasteiger partial charge in [-0.15, -0.1) is 11.8 Å². The maximum absolute atomic E-state index is 12.8. The van der Waals surface area contributed by atoms with E-state index in [1.807, 2.05) is 38.1 Å². The SMILES string of the molecule is CCN(CC)S(=O)(=O)c1ccc2oc(SC[C@@H]3CN=C(c4ccc(OC)cc4)S3)nc2c1. The molecule has 1 aromatic heterocycles. The van der Waals surface area contributed by atoms with E-state index in [0.29, 0.717) is 34.7 Å². The van der Waals surface area contributed by atoms with Crippen LogP contribution < -0.4 is 4.74 Å². The molecule has 2 aromatic carbocycles. The molecule has 0 radical (unpaired) electrons. The Morgan fingerprint density at radius 3 is 2.62 bits per heavy atom. The fourth-order valence-electron chi connectivity index (χ4n) is 3.38. The summed E-state index contributed by atoms with van der Waals surface area (Å²) in [6.07, 6.45) is 0. The number of oxazole rings is 1. The molecule has 32 heavy (non-hydrogen) atoms. The predicted molar refractivity (Wildman–Crippen MR) is 131 cm³/mol. The Hall–Kier alpha value is -2.01. The van der Waals surface area contributed by atoms with Crippen molar-refractivity contribution in [3.8, 4) is 5.75 Å². The van der Waals surface area contributed by atoms with Gasteiger partial charge in [0.05, 0.1) is 23.6 Å². The monoisotopic (exact) mass is 491 g/mol. The maximum Gasteiger partial charge on any atom is 0.256 e. The lowest BCUT2D eigenvalue weighted by molar-refractivity contribution is 0.415. The molecular weight excluding hydrogens is 466 g/mol. The Labute approximate surface area is 196 Å². The van der Waals surface area contributed by atoms with Crippen LogP contribution in [-0.4, -0.2) is 60.5 Å². The summed E-state index contributed by atoms with van der Waals surface area (Å²) in [5.74, 6) is 1.62. The zero-order valence-electron chi connectivity index (χ0n) is 18.1. The van der Waals surface area contributed by atoms with Crippen LogP contribution in [0.5, 0.6) is 5.75 Å². The molecule has 0 saturated heterocycles. The van der Waals surface area contributed by atoms with Gasteiger partial charge >= 0.3 is 0 Å². The molecule has 170 valence electrons. The van der Waals surface area contributed by atoms with Crippen molar-refractivity contribution in [2.75, 3.05) is 32.5 Å². The van der Waals surface area contributed by atoms with Crippen LogP contribution in [0, 0.1) is 0 Å². The van der Waals surface area contributed by atoms with E-state index >= 15 is 0 Å². The molecule has 1 aliphatic rings. The fraction of sp³-hybridized carbons (Fsp3) is 0.364. The van der Waals surface area contributed by atoms with Gasteiger partial charge in [-0.1, -0.05) is 25.6 Å². The zero-order chi connectivity index (χ0) is 22.7. The summed E-state index contributed by atoms with van der Waals surface area (Å²) < 4.78 is 38.0. The van der Waals surface area contributed by atoms with E-state index in [1.54, 1.807) is 37.1 Å². The van der Waals surface area contributed by atoms with Crippen molar-refractivity contribution in [2.45, 2.75) is 29.2 Å². The van der Waals surface area contributed by atoms with Gasteiger partial charge in [0.2, 0.25) is 10.0 Å². The summed E-state index contributed by atoms with van der Waals surface area (Å²) in [5, 5.41) is 1.89. The Kier molecular flexibility index (Phi) is 7.14. The van der Waals surface area contributed by atoms with Gasteiger partial charge in [-0.25, -0.2) is 13.4 Å². The number of fused-ring (bicyclic) bond motifs is 1. The number of benzene rings is 2. The Morgan fingerprint density at radius 1 is 1.19 bits per heavy atom. The van der Waals surface area contributed by atoms with Crippen LogP contribution in [0.15, 0.2) is 62.0 Å². The second-order valence-corrected chi connectivity index (χ2v) is 11.3. The van der Waals surface area contributed by atoms with Crippen LogP contribution >= 0.6 is 23.5 Å². The molecule has 0 bridgehead atoms. The maximum atomic E-state index is 12.8. The summed E-state index contributed by atoms with van der Waals surface area (Å²) >= 11 is 3.27. The van der Waals surface area contributed by atoms with Crippen molar-refractivity contribution in [3.05, 3.63) is 48.0 Å². The number of sulfonamides is 1. The molecule has 0 amide bonds. The molecular formula is C22H25N3O4S3. The molecule has 3 aromatic rings. The number of aromatic nitrogens is 1. The Bertz CT molecular complexity index is 1220. The normalized spacial score (nSPS) is 16.6. The largest absolute Gasteiger partial charge is 0.497 e. The van der Waals surface area contributed by atoms with E-state index in [-0.39, 0.29) is 4.90 Å². The Morgan fingerprint density at radius 2 is 1.94 bits per heavy atom. The molecule has 0 fully saturated rings. The van der Waals surface area contributed by atoms with Crippen molar-refractivity contribution in [1.29, 1.82) is 0 Å². The summed E-state index contributed by atoms with van der Waals surface area (Å²) in [4.78, 5) is 9.42. The molecule has 7 nitrogen and oxygen atoms in total. The van der Waals surface area contributed by atoms with Crippen LogP contribution in [0.3, 0.4) is 0 Å². The highest BCUT2D eigenvalue weighted by molar-refractivity contribution is 8.16. The number of nitrogens with zero attached hydrogens (tertiary/aromatic N) is 3. The first-order valence-electron chi connectivity index (χ1n) is 10.3. The van der Waals surface area contributed by atoms with Crippen molar-refractivity contribution in [1.82, 2.24) is 9.29 Å². The minimum atomic E-state index is -3.53. The van der Waals surface area contributed by atoms with Crippen molar-refractivity contribution < 1.29 is 17.6 Å². The lowest BCUT2D eigenvalue weighted by Gasteiger charge is -2.18. The summed E-state index contributed by atoms with van der Waals surface area (Å²) in [6, 6.07) is 12.8. The fourth-order valence-corrected chi connectivity index (χ4v) is 6.97. The van der Waals surface area contributed by atoms with Crippen molar-refractivity contribution in [3.63, 3.8) is 0 Å². The van der Waals surface area contributed by atoms with Gasteiger partial charge < -0.3 is 9.15 Å². The van der Waals surface area contributed by atoms with Gasteiger partial charge in [0.1, 0.15) is 11.3 Å². The number of aliphatic imine (C=N–C) groups is 1. The third kappa shape index (κ3) is 4.83. The first-order chi connectivity index (χ1) is 15.4. The highest BCUT2D eigenvalue weighted by Crippen LogP contribution is 2.32. The number of hydrogen-bond donors (Lipinski definition) is 0. The van der Waals surface area contributed by atoms with Gasteiger partial charge in [0.25, 0.3) is 5.22 Å². The first-order valence-corrected chi connectivity index (χ1v) is 13.6. The zero-order valence-corrected chi connectivity index (χ0v) is 20.6. The van der Waals surface area contributed by atoms with Crippen LogP contribution in [-0.2, 0) is 10.0 Å². The van der Waals surface area contributed by atoms with Crippen LogP contribution in [0.2, 0.25) is 0 Å². The van der Waals surface area contributed by atoms with Gasteiger partial charge in [-0.3, -0.25) is 4.99 Å². The highest BCUT2D eigenvalue weighted by Gasteiger charge is 2.24. The molecule has 0 aliphatic carbocycles. The summed E-state index contributed by atoms with van der Waals surface area (Å²) in [6.45, 7) is 5.25. The van der Waals surface area contributed by atoms with E-state index in [9.17, 15) is 8.42 Å². The van der Waals surface area contributed by atoms with Crippen LogP contribution in [0.25, 0.3) is 11.1 Å². The smallest absolute Gasteiger partial charge is 0.256 e. The van der Waals surface area contributed by atoms with Crippen molar-refractivity contribution in [2.24, 2.45) is 4.99 Å². The highest BCUT2D eigenvalue weighted by atomic mass is 32.2. The van der Waals surface area contributed by atoms with Crippen molar-refractivity contribution >= 4 is 49.7 Å². The summed E-state index contributed by atoms with van der Waals surface area (Å²) in [5.41, 5.74) is 2.22. The molecule has 2 heterocycles. The molecule has 10 heteroatoms. The topological polar surface area (TPSA) is 85.0 Å². The molecule has 4 rings (SSSR count). The van der Waals surface area contributed by atoms with Crippen LogP contribution in [0.4, 0.5) is 0 Å². The molecule has 1 atom stereocenters. The average Bonchev–Trinajstić information content (AvgIpc) is 3.44. The first kappa shape index (κ1) is 23.2. The predicted octanol–water partition coefficient (Wildman–Crippen LogP) is 4.52. The average molecular weight is 492 g/mol. The number of hydrogen-bond acceptors (Lipinski definition) is 8. The van der Waals surface area contributed by atoms with Gasteiger partial charge in [0.15, 0.2) is 5.58 Å². The number of thioether (sulfide) groups is 2. The number of rotatable bonds is 9. The molecule has 1 aliphatic heterocycles. The standard InChI is InChI=1S/C22H25N3O4S3/c1-4-25(5-2)32(26,27)18-10-11-20-19(12-18)24-22(29-20)30-14-17-13-23-21(31-17)15-6-8-16(28-3)9-7-15/h6-12,17H,4-5,13-14H2,1-3H3/t17-/m0/s1. The van der Waals surface area contributed by atoms with Gasteiger partial charge in [-0.05, 0) is 42.5 Å². The number of methoxy groups -OCH3 is 1. The van der Waals surface area contributed by atoms with Crippen LogP contribution in [0.1, 0.15) is 19.4 Å². The quantitative estimate of drug-likeness (QED) is 0.407. The van der Waals surface area contributed by atoms with E-state index in [2.05, 4.69) is 9.98 Å². The third-order valence-corrected chi connectivity index (χ3v) is 9.61. The second-order valence-electron chi connectivity index (χ2n) is 7.12. The van der Waals surface area contributed by atoms with E-state index in [4.69, 9.17) is 9.15 Å². The lowest BCUT2D eigenvalue weighted by atomic mass is 10.2. The molecule has 0 saturated carbocycles. The third-order valence-electron chi connectivity index (χ3n) is 5.13. The Balaban J connectivity index is 1.40. The molecule has 0 N–H and O–H groups in total. The van der Waals surface area contributed by atoms with E-state index < -0.39 is 10.0 Å². The molecule has 0 spiro atoms. The minimum Gasteiger partial charge on any atom is -0.497 e. The van der Waals surface area contributed by atoms with Gasteiger partial charge in [-0.2, -0.15) is 4.31 Å². The minimum absolute atomic E-state index is 0.238. The summed E-state index contributed by atoms with van der Waals surface area (Å²) in [7, 11) is -1.87. The second kappa shape index (κ2) is 9.86. The van der Waals surface area contributed by atoms with E-state index in [0.717, 1.165) is 28.7 Å². The molecule has 0 unspecified atom stereocenters. The van der Waals surface area contributed by atoms with E-state index in [1.165, 1.54) is 16.1 Å². The van der Waals surface area contributed by atoms with Gasteiger partial charge in [0, 0.05) is 29.7 Å². The number of ether oxygens (including phenoxy) is 1. The lowest BCUT2D eigenvalue weighted by Crippen LogP contribution is -2.30.